The lowest BCUT2D eigenvalue weighted by atomic mass is 9.33. The van der Waals surface area contributed by atoms with Crippen molar-refractivity contribution < 1.29 is 10.2 Å². The number of aliphatic hydroxyl groups is 2. The SMILES string of the molecule is C[C@H]1[C@H](C)CC[C@]2(C)CC[C@]3(C)C(=CC[C@@H]4[C@@]5(C)C[C@@H](O)[C@H](O)C(C)(C)[C@@H]5CC[C@]43C)[C@H]12. The molecule has 0 spiro atoms. The summed E-state index contributed by atoms with van der Waals surface area (Å²) in [6, 6.07) is 0. The Morgan fingerprint density at radius 1 is 0.844 bits per heavy atom. The maximum absolute atomic E-state index is 11.0. The van der Waals surface area contributed by atoms with Crippen molar-refractivity contribution in [2.24, 2.45) is 56.7 Å². The first-order valence-electron chi connectivity index (χ1n) is 13.8. The Hall–Kier alpha value is -0.340. The van der Waals surface area contributed by atoms with Gasteiger partial charge in [-0.15, -0.1) is 0 Å². The summed E-state index contributed by atoms with van der Waals surface area (Å²) in [6.45, 7) is 19.8. The van der Waals surface area contributed by atoms with Gasteiger partial charge in [0.2, 0.25) is 0 Å². The molecule has 0 aromatic rings. The molecule has 5 rings (SSSR count). The van der Waals surface area contributed by atoms with E-state index in [0.29, 0.717) is 17.3 Å². The number of hydrogen-bond acceptors (Lipinski definition) is 2. The van der Waals surface area contributed by atoms with Gasteiger partial charge in [0.25, 0.3) is 0 Å². The van der Waals surface area contributed by atoms with E-state index >= 15 is 0 Å². The normalized spacial score (nSPS) is 59.2. The third-order valence-corrected chi connectivity index (χ3v) is 13.3. The van der Waals surface area contributed by atoms with Crippen LogP contribution in [0.25, 0.3) is 0 Å². The second-order valence-electron chi connectivity index (χ2n) is 14.8. The minimum absolute atomic E-state index is 0.0897. The molecule has 4 fully saturated rings. The Balaban J connectivity index is 1.60. The molecule has 0 bridgehead atoms. The van der Waals surface area contributed by atoms with Crippen molar-refractivity contribution in [1.82, 2.24) is 0 Å². The monoisotopic (exact) mass is 442 g/mol. The van der Waals surface area contributed by atoms with Gasteiger partial charge in [-0.05, 0) is 108 Å². The largest absolute Gasteiger partial charge is 0.390 e. The highest BCUT2D eigenvalue weighted by atomic mass is 16.3. The van der Waals surface area contributed by atoms with Crippen LogP contribution in [0.3, 0.4) is 0 Å². The first-order valence-corrected chi connectivity index (χ1v) is 13.8. The van der Waals surface area contributed by atoms with Gasteiger partial charge in [0.15, 0.2) is 0 Å². The molecule has 0 unspecified atom stereocenters. The van der Waals surface area contributed by atoms with Crippen molar-refractivity contribution in [3.8, 4) is 0 Å². The summed E-state index contributed by atoms with van der Waals surface area (Å²) >= 11 is 0. The maximum Gasteiger partial charge on any atom is 0.0852 e. The van der Waals surface area contributed by atoms with Gasteiger partial charge in [-0.25, -0.2) is 0 Å². The Morgan fingerprint density at radius 3 is 2.22 bits per heavy atom. The minimum Gasteiger partial charge on any atom is -0.390 e. The van der Waals surface area contributed by atoms with Crippen molar-refractivity contribution in [1.29, 1.82) is 0 Å². The van der Waals surface area contributed by atoms with Crippen LogP contribution >= 0.6 is 0 Å². The van der Waals surface area contributed by atoms with E-state index in [4.69, 9.17) is 0 Å². The summed E-state index contributed by atoms with van der Waals surface area (Å²) in [5, 5.41) is 21.9. The third-order valence-electron chi connectivity index (χ3n) is 13.3. The van der Waals surface area contributed by atoms with Gasteiger partial charge >= 0.3 is 0 Å². The molecule has 2 N–H and O–H groups in total. The molecule has 2 heteroatoms. The summed E-state index contributed by atoms with van der Waals surface area (Å²) < 4.78 is 0. The fourth-order valence-corrected chi connectivity index (χ4v) is 11.0. The highest BCUT2D eigenvalue weighted by molar-refractivity contribution is 5.34. The van der Waals surface area contributed by atoms with Crippen LogP contribution in [-0.2, 0) is 0 Å². The quantitative estimate of drug-likeness (QED) is 0.397. The lowest BCUT2D eigenvalue weighted by Gasteiger charge is -2.71. The fourth-order valence-electron chi connectivity index (χ4n) is 11.0. The van der Waals surface area contributed by atoms with E-state index in [9.17, 15) is 10.2 Å². The number of aliphatic hydroxyl groups excluding tert-OH is 2. The van der Waals surface area contributed by atoms with Crippen molar-refractivity contribution >= 4 is 0 Å². The van der Waals surface area contributed by atoms with Crippen LogP contribution in [0.2, 0.25) is 0 Å². The third kappa shape index (κ3) is 2.66. The van der Waals surface area contributed by atoms with E-state index < -0.39 is 12.2 Å². The summed E-state index contributed by atoms with van der Waals surface area (Å²) in [5.74, 6) is 3.41. The first kappa shape index (κ1) is 23.4. The van der Waals surface area contributed by atoms with Crippen molar-refractivity contribution in [2.45, 2.75) is 119 Å². The average Bonchev–Trinajstić information content (AvgIpc) is 2.70. The van der Waals surface area contributed by atoms with E-state index in [0.717, 1.165) is 24.2 Å². The summed E-state index contributed by atoms with van der Waals surface area (Å²) in [6.07, 6.45) is 11.4. The summed E-state index contributed by atoms with van der Waals surface area (Å²) in [4.78, 5) is 0. The smallest absolute Gasteiger partial charge is 0.0852 e. The van der Waals surface area contributed by atoms with Gasteiger partial charge in [-0.1, -0.05) is 67.0 Å². The molecule has 0 heterocycles. The molecule has 0 saturated heterocycles. The van der Waals surface area contributed by atoms with Gasteiger partial charge in [0, 0.05) is 0 Å². The standard InChI is InChI=1S/C30H50O2/c1-18-11-13-27(5)15-16-29(7)20(24(27)19(18)2)9-10-23-28(6)17-21(31)25(32)26(3,4)22(28)12-14-30(23,29)8/h9,18-19,21-25,31-32H,10-17H2,1-8H3/t18-,19+,21-,22+,23-,24+,25+,27-,28+,29-,30-/m1/s1. The second-order valence-corrected chi connectivity index (χ2v) is 14.8. The van der Waals surface area contributed by atoms with Gasteiger partial charge in [-0.3, -0.25) is 0 Å². The van der Waals surface area contributed by atoms with Crippen molar-refractivity contribution in [3.63, 3.8) is 0 Å². The van der Waals surface area contributed by atoms with Gasteiger partial charge in [0.1, 0.15) is 0 Å². The molecule has 11 atom stereocenters. The molecular weight excluding hydrogens is 392 g/mol. The van der Waals surface area contributed by atoms with E-state index in [2.05, 4.69) is 61.5 Å². The highest BCUT2D eigenvalue weighted by Gasteiger charge is 2.68. The van der Waals surface area contributed by atoms with Crippen LogP contribution in [0.15, 0.2) is 11.6 Å². The number of rotatable bonds is 0. The molecule has 0 aromatic carbocycles. The predicted octanol–water partition coefficient (Wildman–Crippen LogP) is 7.00. The molecule has 0 aromatic heterocycles. The molecule has 4 saturated carbocycles. The average molecular weight is 443 g/mol. The Kier molecular flexibility index (Phi) is 5.02. The first-order chi connectivity index (χ1) is 14.7. The predicted molar refractivity (Wildman–Crippen MR) is 132 cm³/mol. The Morgan fingerprint density at radius 2 is 1.53 bits per heavy atom. The topological polar surface area (TPSA) is 40.5 Å². The van der Waals surface area contributed by atoms with E-state index in [-0.39, 0.29) is 21.7 Å². The summed E-state index contributed by atoms with van der Waals surface area (Å²) in [7, 11) is 0. The zero-order chi connectivity index (χ0) is 23.5. The molecule has 32 heavy (non-hydrogen) atoms. The van der Waals surface area contributed by atoms with Gasteiger partial charge < -0.3 is 10.2 Å². The molecule has 182 valence electrons. The maximum atomic E-state index is 11.0. The van der Waals surface area contributed by atoms with Crippen molar-refractivity contribution in [2.75, 3.05) is 0 Å². The van der Waals surface area contributed by atoms with Crippen LogP contribution in [0.1, 0.15) is 107 Å². The lowest BCUT2D eigenvalue weighted by Crippen LogP contribution is -2.66. The Labute approximate surface area is 197 Å². The minimum atomic E-state index is -0.602. The molecule has 5 aliphatic carbocycles. The zero-order valence-corrected chi connectivity index (χ0v) is 22.2. The zero-order valence-electron chi connectivity index (χ0n) is 22.2. The molecule has 5 aliphatic rings. The van der Waals surface area contributed by atoms with E-state index in [1.54, 1.807) is 0 Å². The van der Waals surface area contributed by atoms with Crippen LogP contribution in [0, 0.1) is 56.7 Å². The van der Waals surface area contributed by atoms with Crippen LogP contribution in [-0.4, -0.2) is 22.4 Å². The van der Waals surface area contributed by atoms with Crippen LogP contribution in [0.5, 0.6) is 0 Å². The molecule has 0 amide bonds. The summed E-state index contributed by atoms with van der Waals surface area (Å²) in [5.41, 5.74) is 2.71. The van der Waals surface area contributed by atoms with Gasteiger partial charge in [0.05, 0.1) is 12.2 Å². The molecule has 0 radical (unpaired) electrons. The van der Waals surface area contributed by atoms with Gasteiger partial charge in [-0.2, -0.15) is 0 Å². The molecular formula is C30H50O2. The highest BCUT2D eigenvalue weighted by Crippen LogP contribution is 2.75. The number of allylic oxidation sites excluding steroid dienone is 2. The van der Waals surface area contributed by atoms with Crippen molar-refractivity contribution in [3.05, 3.63) is 11.6 Å². The van der Waals surface area contributed by atoms with Crippen LogP contribution in [0.4, 0.5) is 0 Å². The number of hydrogen-bond donors (Lipinski definition) is 2. The molecule has 2 nitrogen and oxygen atoms in total. The lowest BCUT2D eigenvalue weighted by molar-refractivity contribution is -0.231. The van der Waals surface area contributed by atoms with Crippen LogP contribution < -0.4 is 0 Å². The molecule has 0 aliphatic heterocycles. The Bertz CT molecular complexity index is 814. The van der Waals surface area contributed by atoms with E-state index in [1.807, 2.05) is 5.57 Å². The fraction of sp³-hybridized carbons (Fsp3) is 0.933. The second kappa shape index (κ2) is 6.87. The van der Waals surface area contributed by atoms with E-state index in [1.165, 1.54) is 44.9 Å². The number of fused-ring (bicyclic) bond motifs is 7.